The minimum atomic E-state index is -0.207. The molecule has 154 valence electrons. The molecular formula is C23H23N3O4. The highest BCUT2D eigenvalue weighted by molar-refractivity contribution is 5.95. The number of methoxy groups -OCH3 is 1. The zero-order chi connectivity index (χ0) is 21.3. The first-order valence-electron chi connectivity index (χ1n) is 9.62. The van der Waals surface area contributed by atoms with Crippen LogP contribution in [0.15, 0.2) is 57.7 Å². The number of rotatable bonds is 5. The predicted molar refractivity (Wildman–Crippen MR) is 114 cm³/mol. The van der Waals surface area contributed by atoms with Gasteiger partial charge in [-0.1, -0.05) is 25.9 Å². The van der Waals surface area contributed by atoms with Gasteiger partial charge < -0.3 is 19.0 Å². The quantitative estimate of drug-likeness (QED) is 0.504. The molecule has 30 heavy (non-hydrogen) atoms. The van der Waals surface area contributed by atoms with E-state index in [-0.39, 0.29) is 17.7 Å². The van der Waals surface area contributed by atoms with E-state index in [2.05, 4.69) is 15.5 Å². The van der Waals surface area contributed by atoms with Crippen LogP contribution in [0.2, 0.25) is 0 Å². The van der Waals surface area contributed by atoms with Crippen molar-refractivity contribution in [2.45, 2.75) is 32.6 Å². The van der Waals surface area contributed by atoms with E-state index >= 15 is 0 Å². The third-order valence-electron chi connectivity index (χ3n) is 4.71. The minimum absolute atomic E-state index is 0.129. The van der Waals surface area contributed by atoms with Crippen LogP contribution in [0.3, 0.4) is 0 Å². The van der Waals surface area contributed by atoms with Crippen molar-refractivity contribution >= 4 is 22.6 Å². The highest BCUT2D eigenvalue weighted by atomic mass is 16.5. The molecule has 0 bridgehead atoms. The van der Waals surface area contributed by atoms with E-state index in [0.717, 1.165) is 16.5 Å². The predicted octanol–water partition coefficient (Wildman–Crippen LogP) is 4.97. The lowest BCUT2D eigenvalue weighted by Crippen LogP contribution is -2.14. The molecule has 2 heterocycles. The third-order valence-corrected chi connectivity index (χ3v) is 4.71. The summed E-state index contributed by atoms with van der Waals surface area (Å²) < 4.78 is 16.1. The Labute approximate surface area is 174 Å². The summed E-state index contributed by atoms with van der Waals surface area (Å²) in [6.45, 7) is 6.05. The molecule has 2 aromatic carbocycles. The van der Waals surface area contributed by atoms with E-state index in [0.29, 0.717) is 28.7 Å². The van der Waals surface area contributed by atoms with Crippen LogP contribution in [0.25, 0.3) is 22.4 Å². The van der Waals surface area contributed by atoms with Crippen molar-refractivity contribution in [1.82, 2.24) is 10.1 Å². The number of carbonyl (C=O) groups excluding carboxylic acids is 1. The molecule has 0 atom stereocenters. The van der Waals surface area contributed by atoms with Gasteiger partial charge in [0, 0.05) is 33.7 Å². The number of amides is 1. The van der Waals surface area contributed by atoms with Crippen LogP contribution < -0.4 is 10.1 Å². The van der Waals surface area contributed by atoms with Gasteiger partial charge in [-0.25, -0.2) is 0 Å². The number of carbonyl (C=O) groups is 1. The third kappa shape index (κ3) is 4.05. The van der Waals surface area contributed by atoms with Crippen LogP contribution in [-0.2, 0) is 16.6 Å². The van der Waals surface area contributed by atoms with Crippen molar-refractivity contribution in [3.05, 3.63) is 60.2 Å². The molecule has 7 heteroatoms. The van der Waals surface area contributed by atoms with Crippen molar-refractivity contribution < 1.29 is 18.5 Å². The Kier molecular flexibility index (Phi) is 5.03. The molecule has 0 fully saturated rings. The summed E-state index contributed by atoms with van der Waals surface area (Å²) in [5, 5.41) is 7.84. The summed E-state index contributed by atoms with van der Waals surface area (Å²) in [5.41, 5.74) is 2.82. The first-order chi connectivity index (χ1) is 14.3. The van der Waals surface area contributed by atoms with Gasteiger partial charge in [0.1, 0.15) is 11.3 Å². The van der Waals surface area contributed by atoms with Gasteiger partial charge >= 0.3 is 0 Å². The SMILES string of the molecule is COc1ccc2c(CC(=O)Nc3ccc(-c4noc(C(C)(C)C)n4)cc3)coc2c1. The highest BCUT2D eigenvalue weighted by Gasteiger charge is 2.22. The average Bonchev–Trinajstić information content (AvgIpc) is 3.36. The van der Waals surface area contributed by atoms with E-state index in [1.165, 1.54) is 0 Å². The van der Waals surface area contributed by atoms with Gasteiger partial charge in [-0.05, 0) is 36.4 Å². The van der Waals surface area contributed by atoms with Gasteiger partial charge in [0.15, 0.2) is 0 Å². The van der Waals surface area contributed by atoms with Crippen LogP contribution in [-0.4, -0.2) is 23.2 Å². The zero-order valence-corrected chi connectivity index (χ0v) is 17.4. The Morgan fingerprint density at radius 1 is 1.13 bits per heavy atom. The lowest BCUT2D eigenvalue weighted by atomic mass is 9.97. The molecule has 4 rings (SSSR count). The smallest absolute Gasteiger partial charge is 0.232 e. The fourth-order valence-corrected chi connectivity index (χ4v) is 3.05. The summed E-state index contributed by atoms with van der Waals surface area (Å²) in [6.07, 6.45) is 1.82. The molecule has 0 aliphatic rings. The van der Waals surface area contributed by atoms with E-state index in [4.69, 9.17) is 13.7 Å². The van der Waals surface area contributed by atoms with Crippen LogP contribution in [0.1, 0.15) is 32.2 Å². The number of benzene rings is 2. The van der Waals surface area contributed by atoms with Gasteiger partial charge in [0.05, 0.1) is 19.8 Å². The molecule has 7 nitrogen and oxygen atoms in total. The summed E-state index contributed by atoms with van der Waals surface area (Å²) >= 11 is 0. The standard InChI is InChI=1S/C23H23N3O4/c1-23(2,3)22-25-21(26-30-22)14-5-7-16(8-6-14)24-20(27)11-15-13-29-19-12-17(28-4)9-10-18(15)19/h5-10,12-13H,11H2,1-4H3,(H,24,27). The number of furan rings is 1. The van der Waals surface area contributed by atoms with Crippen LogP contribution in [0, 0.1) is 0 Å². The van der Waals surface area contributed by atoms with Gasteiger partial charge in [-0.3, -0.25) is 4.79 Å². The first-order valence-corrected chi connectivity index (χ1v) is 9.62. The lowest BCUT2D eigenvalue weighted by Gasteiger charge is -2.10. The van der Waals surface area contributed by atoms with Gasteiger partial charge in [0.2, 0.25) is 17.6 Å². The molecule has 1 N–H and O–H groups in total. The number of hydrogen-bond acceptors (Lipinski definition) is 6. The van der Waals surface area contributed by atoms with Crippen molar-refractivity contribution in [1.29, 1.82) is 0 Å². The topological polar surface area (TPSA) is 90.4 Å². The number of nitrogens with one attached hydrogen (secondary N) is 1. The molecule has 0 unspecified atom stereocenters. The van der Waals surface area contributed by atoms with Crippen molar-refractivity contribution in [2.24, 2.45) is 0 Å². The maximum absolute atomic E-state index is 12.5. The second kappa shape index (κ2) is 7.67. The maximum atomic E-state index is 12.5. The van der Waals surface area contributed by atoms with E-state index in [1.807, 2.05) is 57.2 Å². The summed E-state index contributed by atoms with van der Waals surface area (Å²) in [5.74, 6) is 1.69. The molecule has 1 amide bonds. The zero-order valence-electron chi connectivity index (χ0n) is 17.4. The van der Waals surface area contributed by atoms with E-state index < -0.39 is 0 Å². The second-order valence-corrected chi connectivity index (χ2v) is 8.10. The van der Waals surface area contributed by atoms with Crippen molar-refractivity contribution in [2.75, 3.05) is 12.4 Å². The Balaban J connectivity index is 1.43. The van der Waals surface area contributed by atoms with Crippen LogP contribution in [0.5, 0.6) is 5.75 Å². The largest absolute Gasteiger partial charge is 0.497 e. The highest BCUT2D eigenvalue weighted by Crippen LogP contribution is 2.27. The second-order valence-electron chi connectivity index (χ2n) is 8.10. The van der Waals surface area contributed by atoms with Crippen molar-refractivity contribution in [3.63, 3.8) is 0 Å². The number of anilines is 1. The fourth-order valence-electron chi connectivity index (χ4n) is 3.05. The Hall–Kier alpha value is -3.61. The Bertz CT molecular complexity index is 1180. The van der Waals surface area contributed by atoms with Crippen LogP contribution >= 0.6 is 0 Å². The summed E-state index contributed by atoms with van der Waals surface area (Å²) in [4.78, 5) is 16.9. The minimum Gasteiger partial charge on any atom is -0.497 e. The molecule has 0 spiro atoms. The number of ether oxygens (including phenoxy) is 1. The van der Waals surface area contributed by atoms with Gasteiger partial charge in [-0.15, -0.1) is 0 Å². The van der Waals surface area contributed by atoms with Crippen molar-refractivity contribution in [3.8, 4) is 17.1 Å². The van der Waals surface area contributed by atoms with E-state index in [9.17, 15) is 4.79 Å². The normalized spacial score (nSPS) is 11.6. The Morgan fingerprint density at radius 2 is 1.90 bits per heavy atom. The van der Waals surface area contributed by atoms with Crippen LogP contribution in [0.4, 0.5) is 5.69 Å². The first kappa shape index (κ1) is 19.7. The maximum Gasteiger partial charge on any atom is 0.232 e. The fraction of sp³-hybridized carbons (Fsp3) is 0.261. The summed E-state index contributed by atoms with van der Waals surface area (Å²) in [7, 11) is 1.60. The molecule has 2 aromatic heterocycles. The molecule has 0 radical (unpaired) electrons. The Morgan fingerprint density at radius 3 is 2.57 bits per heavy atom. The van der Waals surface area contributed by atoms with Gasteiger partial charge in [0.25, 0.3) is 0 Å². The molecule has 4 aromatic rings. The molecular weight excluding hydrogens is 382 g/mol. The number of fused-ring (bicyclic) bond motifs is 1. The molecule has 0 aliphatic heterocycles. The van der Waals surface area contributed by atoms with E-state index in [1.54, 1.807) is 19.4 Å². The summed E-state index contributed by atoms with van der Waals surface area (Å²) in [6, 6.07) is 12.9. The average molecular weight is 405 g/mol. The van der Waals surface area contributed by atoms with Gasteiger partial charge in [-0.2, -0.15) is 4.98 Å². The molecule has 0 saturated carbocycles. The monoisotopic (exact) mass is 405 g/mol. The molecule has 0 aliphatic carbocycles. The molecule has 0 saturated heterocycles. The number of aromatic nitrogens is 2. The number of hydrogen-bond donors (Lipinski definition) is 1. The lowest BCUT2D eigenvalue weighted by molar-refractivity contribution is -0.115. The number of nitrogens with zero attached hydrogens (tertiary/aromatic N) is 2.